The van der Waals surface area contributed by atoms with E-state index in [1.165, 1.54) is 18.3 Å². The second-order valence-corrected chi connectivity index (χ2v) is 4.86. The lowest BCUT2D eigenvalue weighted by molar-refractivity contribution is 0.0677. The van der Waals surface area contributed by atoms with Crippen LogP contribution < -0.4 is 0 Å². The molecule has 1 aliphatic heterocycles. The van der Waals surface area contributed by atoms with Gasteiger partial charge >= 0.3 is 5.97 Å². The van der Waals surface area contributed by atoms with E-state index in [-0.39, 0.29) is 17.2 Å². The van der Waals surface area contributed by atoms with E-state index in [4.69, 9.17) is 5.11 Å². The summed E-state index contributed by atoms with van der Waals surface area (Å²) in [5, 5.41) is 9.08. The van der Waals surface area contributed by atoms with Gasteiger partial charge in [-0.2, -0.15) is 0 Å². The highest BCUT2D eigenvalue weighted by molar-refractivity contribution is 6.03. The molecule has 1 amide bonds. The minimum absolute atomic E-state index is 0.0226. The molecule has 1 N–H and O–H groups in total. The number of hydrogen-bond acceptors (Lipinski definition) is 4. The lowest BCUT2D eigenvalue weighted by Gasteiger charge is -2.20. The number of amides is 1. The van der Waals surface area contributed by atoms with Crippen LogP contribution in [0.5, 0.6) is 0 Å². The fourth-order valence-corrected chi connectivity index (χ4v) is 2.25. The van der Waals surface area contributed by atoms with Crippen LogP contribution in [0, 0.1) is 0 Å². The summed E-state index contributed by atoms with van der Waals surface area (Å²) in [5.41, 5.74) is -0.0183. The highest BCUT2D eigenvalue weighted by atomic mass is 16.4. The smallest absolute Gasteiger partial charge is 0.338 e. The number of aromatic nitrogens is 1. The first-order chi connectivity index (χ1) is 9.00. The van der Waals surface area contributed by atoms with Gasteiger partial charge in [-0.05, 0) is 32.6 Å². The number of hydrogen-bond donors (Lipinski definition) is 1. The van der Waals surface area contributed by atoms with E-state index in [0.29, 0.717) is 19.1 Å². The molecule has 1 aromatic rings. The standard InChI is InChI=1S/C13H17N3O3/c1-15(2)9-5-7-16(8-9)12(17)11-10(13(18)19)4-3-6-14-11/h3-4,6,9H,5,7-8H2,1-2H3,(H,18,19). The summed E-state index contributed by atoms with van der Waals surface area (Å²) in [6, 6.07) is 3.25. The van der Waals surface area contributed by atoms with E-state index in [9.17, 15) is 9.59 Å². The second-order valence-electron chi connectivity index (χ2n) is 4.86. The predicted molar refractivity (Wildman–Crippen MR) is 69.2 cm³/mol. The average molecular weight is 263 g/mol. The summed E-state index contributed by atoms with van der Waals surface area (Å²) >= 11 is 0. The number of carbonyl (C=O) groups is 2. The number of carboxylic acids is 1. The van der Waals surface area contributed by atoms with Crippen LogP contribution in [0.4, 0.5) is 0 Å². The molecular weight excluding hydrogens is 246 g/mol. The van der Waals surface area contributed by atoms with Crippen LogP contribution in [0.15, 0.2) is 18.3 Å². The van der Waals surface area contributed by atoms with Crippen molar-refractivity contribution in [2.24, 2.45) is 0 Å². The predicted octanol–water partition coefficient (Wildman–Crippen LogP) is 0.556. The maximum Gasteiger partial charge on any atom is 0.338 e. The topological polar surface area (TPSA) is 73.7 Å². The Hall–Kier alpha value is -1.95. The van der Waals surface area contributed by atoms with Crippen molar-refractivity contribution in [2.75, 3.05) is 27.2 Å². The third kappa shape index (κ3) is 2.73. The third-order valence-corrected chi connectivity index (χ3v) is 3.42. The Labute approximate surface area is 111 Å². The monoisotopic (exact) mass is 263 g/mol. The van der Waals surface area contributed by atoms with E-state index in [0.717, 1.165) is 6.42 Å². The van der Waals surface area contributed by atoms with Crippen LogP contribution in [0.25, 0.3) is 0 Å². The van der Waals surface area contributed by atoms with Gasteiger partial charge in [0.1, 0.15) is 5.69 Å². The van der Waals surface area contributed by atoms with Crippen LogP contribution >= 0.6 is 0 Å². The second kappa shape index (κ2) is 5.36. The molecule has 1 aromatic heterocycles. The molecule has 0 aromatic carbocycles. The van der Waals surface area contributed by atoms with Crippen LogP contribution in [0.3, 0.4) is 0 Å². The van der Waals surface area contributed by atoms with E-state index in [1.807, 2.05) is 14.1 Å². The fraction of sp³-hybridized carbons (Fsp3) is 0.462. The van der Waals surface area contributed by atoms with Gasteiger partial charge in [-0.15, -0.1) is 0 Å². The molecule has 0 bridgehead atoms. The summed E-state index contributed by atoms with van der Waals surface area (Å²) in [6.07, 6.45) is 2.34. The van der Waals surface area contributed by atoms with Crippen LogP contribution in [0.2, 0.25) is 0 Å². The van der Waals surface area contributed by atoms with E-state index >= 15 is 0 Å². The molecule has 19 heavy (non-hydrogen) atoms. The summed E-state index contributed by atoms with van der Waals surface area (Å²) in [4.78, 5) is 31.1. The van der Waals surface area contributed by atoms with Gasteiger partial charge < -0.3 is 14.9 Å². The van der Waals surface area contributed by atoms with Gasteiger partial charge in [-0.25, -0.2) is 4.79 Å². The van der Waals surface area contributed by atoms with Crippen molar-refractivity contribution in [1.82, 2.24) is 14.8 Å². The largest absolute Gasteiger partial charge is 0.478 e. The van der Waals surface area contributed by atoms with Crippen molar-refractivity contribution in [3.8, 4) is 0 Å². The number of rotatable bonds is 3. The summed E-state index contributed by atoms with van der Waals surface area (Å²) in [5.74, 6) is -1.43. The van der Waals surface area contributed by atoms with Gasteiger partial charge in [-0.1, -0.05) is 0 Å². The molecule has 0 spiro atoms. The van der Waals surface area contributed by atoms with Gasteiger partial charge in [0.05, 0.1) is 5.56 Å². The lowest BCUT2D eigenvalue weighted by Crippen LogP contribution is -2.35. The highest BCUT2D eigenvalue weighted by Gasteiger charge is 2.30. The zero-order chi connectivity index (χ0) is 14.0. The first kappa shape index (κ1) is 13.5. The Morgan fingerprint density at radius 1 is 1.47 bits per heavy atom. The number of likely N-dealkylation sites (N-methyl/N-ethyl adjacent to an activating group) is 1. The van der Waals surface area contributed by atoms with Gasteiger partial charge in [0, 0.05) is 25.3 Å². The van der Waals surface area contributed by atoms with Crippen molar-refractivity contribution >= 4 is 11.9 Å². The quantitative estimate of drug-likeness (QED) is 0.862. The lowest BCUT2D eigenvalue weighted by atomic mass is 10.2. The number of aromatic carboxylic acids is 1. The van der Waals surface area contributed by atoms with Crippen molar-refractivity contribution in [3.05, 3.63) is 29.6 Å². The number of pyridine rings is 1. The number of nitrogens with zero attached hydrogens (tertiary/aromatic N) is 3. The first-order valence-electron chi connectivity index (χ1n) is 6.14. The maximum absolute atomic E-state index is 12.3. The molecule has 6 heteroatoms. The molecule has 102 valence electrons. The van der Waals surface area contributed by atoms with Crippen LogP contribution in [-0.4, -0.2) is 65.0 Å². The number of carbonyl (C=O) groups excluding carboxylic acids is 1. The first-order valence-corrected chi connectivity index (χ1v) is 6.14. The van der Waals surface area contributed by atoms with Gasteiger partial charge in [-0.3, -0.25) is 9.78 Å². The zero-order valence-corrected chi connectivity index (χ0v) is 11.0. The van der Waals surface area contributed by atoms with Crippen LogP contribution in [-0.2, 0) is 0 Å². The Morgan fingerprint density at radius 3 is 2.79 bits per heavy atom. The molecule has 1 saturated heterocycles. The van der Waals surface area contributed by atoms with Gasteiger partial charge in [0.15, 0.2) is 0 Å². The van der Waals surface area contributed by atoms with Crippen molar-refractivity contribution in [1.29, 1.82) is 0 Å². The van der Waals surface area contributed by atoms with Gasteiger partial charge in [0.25, 0.3) is 5.91 Å². The molecule has 0 radical (unpaired) electrons. The molecule has 6 nitrogen and oxygen atoms in total. The summed E-state index contributed by atoms with van der Waals surface area (Å²) in [7, 11) is 3.95. The Morgan fingerprint density at radius 2 is 2.21 bits per heavy atom. The molecule has 2 heterocycles. The molecule has 0 aliphatic carbocycles. The SMILES string of the molecule is CN(C)C1CCN(C(=O)c2ncccc2C(=O)O)C1. The Balaban J connectivity index is 2.19. The minimum Gasteiger partial charge on any atom is -0.478 e. The van der Waals surface area contributed by atoms with E-state index in [2.05, 4.69) is 9.88 Å². The van der Waals surface area contributed by atoms with E-state index < -0.39 is 5.97 Å². The molecular formula is C13H17N3O3. The molecule has 1 atom stereocenters. The molecule has 2 rings (SSSR count). The molecule has 0 saturated carbocycles. The summed E-state index contributed by atoms with van der Waals surface area (Å²) in [6.45, 7) is 1.25. The number of carboxylic acid groups (broad SMARTS) is 1. The van der Waals surface area contributed by atoms with Crippen molar-refractivity contribution in [2.45, 2.75) is 12.5 Å². The molecule has 1 aliphatic rings. The van der Waals surface area contributed by atoms with E-state index in [1.54, 1.807) is 4.90 Å². The van der Waals surface area contributed by atoms with Crippen molar-refractivity contribution < 1.29 is 14.7 Å². The fourth-order valence-electron chi connectivity index (χ4n) is 2.25. The third-order valence-electron chi connectivity index (χ3n) is 3.42. The zero-order valence-electron chi connectivity index (χ0n) is 11.0. The average Bonchev–Trinajstić information content (AvgIpc) is 2.87. The molecule has 1 fully saturated rings. The van der Waals surface area contributed by atoms with Crippen molar-refractivity contribution in [3.63, 3.8) is 0 Å². The minimum atomic E-state index is -1.13. The highest BCUT2D eigenvalue weighted by Crippen LogP contribution is 2.17. The Kier molecular flexibility index (Phi) is 3.80. The molecule has 1 unspecified atom stereocenters. The Bertz CT molecular complexity index is 502. The normalized spacial score (nSPS) is 18.9. The summed E-state index contributed by atoms with van der Waals surface area (Å²) < 4.78 is 0. The number of likely N-dealkylation sites (tertiary alicyclic amines) is 1. The van der Waals surface area contributed by atoms with Gasteiger partial charge in [0.2, 0.25) is 0 Å². The van der Waals surface area contributed by atoms with Crippen LogP contribution in [0.1, 0.15) is 27.3 Å². The maximum atomic E-state index is 12.3.